The van der Waals surface area contributed by atoms with Gasteiger partial charge in [0.15, 0.2) is 0 Å². The van der Waals surface area contributed by atoms with Crippen molar-refractivity contribution in [3.05, 3.63) is 41.4 Å². The molecule has 0 radical (unpaired) electrons. The molecule has 1 aromatic carbocycles. The standard InChI is InChI=1S/C10H8ClNO3/c11-7-1-3-8(4-2-7)12-9(13)5-6-10(14)15/h1-6H,(H,12,13)(H,14,15)/b6-5+. The summed E-state index contributed by atoms with van der Waals surface area (Å²) in [5.41, 5.74) is 0.555. The second-order valence-electron chi connectivity index (χ2n) is 2.67. The first-order chi connectivity index (χ1) is 7.08. The van der Waals surface area contributed by atoms with Crippen LogP contribution in [0.25, 0.3) is 0 Å². The third-order valence-corrected chi connectivity index (χ3v) is 1.74. The highest BCUT2D eigenvalue weighted by molar-refractivity contribution is 6.30. The van der Waals surface area contributed by atoms with Gasteiger partial charge in [0, 0.05) is 22.9 Å². The number of aliphatic carboxylic acids is 1. The first-order valence-electron chi connectivity index (χ1n) is 4.05. The van der Waals surface area contributed by atoms with Crippen LogP contribution in [0.2, 0.25) is 5.02 Å². The molecule has 15 heavy (non-hydrogen) atoms. The maximum absolute atomic E-state index is 11.1. The molecule has 0 bridgehead atoms. The van der Waals surface area contributed by atoms with Gasteiger partial charge in [-0.2, -0.15) is 0 Å². The van der Waals surface area contributed by atoms with Gasteiger partial charge in [-0.15, -0.1) is 0 Å². The zero-order valence-electron chi connectivity index (χ0n) is 7.61. The number of halogens is 1. The molecular weight excluding hydrogens is 218 g/mol. The third kappa shape index (κ3) is 4.28. The van der Waals surface area contributed by atoms with Gasteiger partial charge in [-0.25, -0.2) is 4.79 Å². The van der Waals surface area contributed by atoms with E-state index in [1.165, 1.54) is 0 Å². The molecule has 4 nitrogen and oxygen atoms in total. The molecule has 0 heterocycles. The average Bonchev–Trinajstić information content (AvgIpc) is 2.19. The van der Waals surface area contributed by atoms with E-state index >= 15 is 0 Å². The Bertz CT molecular complexity index is 398. The number of hydrogen-bond donors (Lipinski definition) is 2. The Balaban J connectivity index is 2.59. The summed E-state index contributed by atoms with van der Waals surface area (Å²) in [6.45, 7) is 0. The van der Waals surface area contributed by atoms with Gasteiger partial charge in [-0.3, -0.25) is 4.79 Å². The molecule has 0 saturated carbocycles. The number of amides is 1. The van der Waals surface area contributed by atoms with Crippen molar-refractivity contribution in [2.24, 2.45) is 0 Å². The minimum Gasteiger partial charge on any atom is -0.478 e. The molecule has 0 aliphatic rings. The molecule has 2 N–H and O–H groups in total. The zero-order chi connectivity index (χ0) is 11.3. The summed E-state index contributed by atoms with van der Waals surface area (Å²) in [5, 5.41) is 11.3. The lowest BCUT2D eigenvalue weighted by molar-refractivity contribution is -0.131. The number of rotatable bonds is 3. The van der Waals surface area contributed by atoms with Gasteiger partial charge in [0.25, 0.3) is 0 Å². The predicted molar refractivity (Wildman–Crippen MR) is 56.9 cm³/mol. The van der Waals surface area contributed by atoms with Gasteiger partial charge in [0.05, 0.1) is 0 Å². The highest BCUT2D eigenvalue weighted by Gasteiger charge is 1.98. The van der Waals surface area contributed by atoms with Gasteiger partial charge >= 0.3 is 5.97 Å². The van der Waals surface area contributed by atoms with E-state index in [1.54, 1.807) is 24.3 Å². The van der Waals surface area contributed by atoms with E-state index < -0.39 is 11.9 Å². The molecular formula is C10H8ClNO3. The summed E-state index contributed by atoms with van der Waals surface area (Å²) in [7, 11) is 0. The summed E-state index contributed by atoms with van der Waals surface area (Å²) >= 11 is 5.65. The molecule has 0 fully saturated rings. The SMILES string of the molecule is O=C(O)/C=C/C(=O)Nc1ccc(Cl)cc1. The van der Waals surface area contributed by atoms with Crippen molar-refractivity contribution < 1.29 is 14.7 Å². The van der Waals surface area contributed by atoms with E-state index in [2.05, 4.69) is 5.32 Å². The summed E-state index contributed by atoms with van der Waals surface area (Å²) in [4.78, 5) is 21.2. The quantitative estimate of drug-likeness (QED) is 0.773. The molecule has 0 spiro atoms. The Labute approximate surface area is 91.2 Å². The van der Waals surface area contributed by atoms with E-state index in [9.17, 15) is 9.59 Å². The number of hydrogen-bond acceptors (Lipinski definition) is 2. The zero-order valence-corrected chi connectivity index (χ0v) is 8.36. The molecule has 0 saturated heterocycles. The first-order valence-corrected chi connectivity index (χ1v) is 4.43. The van der Waals surface area contributed by atoms with Crippen molar-refractivity contribution in [1.82, 2.24) is 0 Å². The molecule has 78 valence electrons. The number of nitrogens with one attached hydrogen (secondary N) is 1. The lowest BCUT2D eigenvalue weighted by Gasteiger charge is -2.00. The van der Waals surface area contributed by atoms with Crippen molar-refractivity contribution in [1.29, 1.82) is 0 Å². The van der Waals surface area contributed by atoms with Crippen LogP contribution in [0.4, 0.5) is 5.69 Å². The minimum absolute atomic E-state index is 0.500. The Morgan fingerprint density at radius 1 is 1.20 bits per heavy atom. The number of carbonyl (C=O) groups excluding carboxylic acids is 1. The van der Waals surface area contributed by atoms with E-state index in [0.29, 0.717) is 10.7 Å². The van der Waals surface area contributed by atoms with Crippen LogP contribution in [0.3, 0.4) is 0 Å². The Kier molecular flexibility index (Phi) is 3.88. The van der Waals surface area contributed by atoms with Crippen LogP contribution >= 0.6 is 11.6 Å². The Hall–Kier alpha value is -1.81. The van der Waals surface area contributed by atoms with E-state index in [1.807, 2.05) is 0 Å². The van der Waals surface area contributed by atoms with E-state index in [0.717, 1.165) is 12.2 Å². The second-order valence-corrected chi connectivity index (χ2v) is 3.10. The smallest absolute Gasteiger partial charge is 0.328 e. The summed E-state index contributed by atoms with van der Waals surface area (Å²) in [5.74, 6) is -1.67. The third-order valence-electron chi connectivity index (χ3n) is 1.49. The molecule has 1 aromatic rings. The fourth-order valence-electron chi connectivity index (χ4n) is 0.864. The van der Waals surface area contributed by atoms with Crippen molar-refractivity contribution in [2.45, 2.75) is 0 Å². The number of anilines is 1. The van der Waals surface area contributed by atoms with E-state index in [-0.39, 0.29) is 0 Å². The number of carboxylic acid groups (broad SMARTS) is 1. The summed E-state index contributed by atoms with van der Waals surface area (Å²) in [6.07, 6.45) is 1.71. The van der Waals surface area contributed by atoms with Gasteiger partial charge < -0.3 is 10.4 Å². The maximum Gasteiger partial charge on any atom is 0.328 e. The van der Waals surface area contributed by atoms with Gasteiger partial charge in [-0.1, -0.05) is 11.6 Å². The van der Waals surface area contributed by atoms with Crippen molar-refractivity contribution in [3.63, 3.8) is 0 Å². The number of carbonyl (C=O) groups is 2. The molecule has 0 atom stereocenters. The van der Waals surface area contributed by atoms with Gasteiger partial charge in [0.2, 0.25) is 5.91 Å². The first kappa shape index (κ1) is 11.3. The van der Waals surface area contributed by atoms with Crippen LogP contribution in [0.1, 0.15) is 0 Å². The molecule has 0 aliphatic carbocycles. The van der Waals surface area contributed by atoms with Crippen LogP contribution in [-0.2, 0) is 9.59 Å². The lowest BCUT2D eigenvalue weighted by Crippen LogP contribution is -2.08. The molecule has 0 unspecified atom stereocenters. The monoisotopic (exact) mass is 225 g/mol. The highest BCUT2D eigenvalue weighted by atomic mass is 35.5. The second kappa shape index (κ2) is 5.17. The van der Waals surface area contributed by atoms with Crippen LogP contribution in [0, 0.1) is 0 Å². The van der Waals surface area contributed by atoms with Crippen molar-refractivity contribution in [2.75, 3.05) is 5.32 Å². The van der Waals surface area contributed by atoms with Gasteiger partial charge in [0.1, 0.15) is 0 Å². The van der Waals surface area contributed by atoms with Gasteiger partial charge in [-0.05, 0) is 24.3 Å². The average molecular weight is 226 g/mol. The normalized spacial score (nSPS) is 10.2. The fraction of sp³-hybridized carbons (Fsp3) is 0. The molecule has 1 amide bonds. The number of carboxylic acids is 1. The molecule has 1 rings (SSSR count). The van der Waals surface area contributed by atoms with E-state index in [4.69, 9.17) is 16.7 Å². The molecule has 0 aromatic heterocycles. The topological polar surface area (TPSA) is 66.4 Å². The van der Waals surface area contributed by atoms with Crippen LogP contribution in [0.15, 0.2) is 36.4 Å². The molecule has 0 aliphatic heterocycles. The maximum atomic E-state index is 11.1. The van der Waals surface area contributed by atoms with Crippen LogP contribution in [-0.4, -0.2) is 17.0 Å². The Morgan fingerprint density at radius 3 is 2.33 bits per heavy atom. The van der Waals surface area contributed by atoms with Crippen molar-refractivity contribution in [3.8, 4) is 0 Å². The fourth-order valence-corrected chi connectivity index (χ4v) is 0.990. The molecule has 5 heteroatoms. The van der Waals surface area contributed by atoms with Crippen molar-refractivity contribution >= 4 is 29.2 Å². The Morgan fingerprint density at radius 2 is 1.80 bits per heavy atom. The largest absolute Gasteiger partial charge is 0.478 e. The van der Waals surface area contributed by atoms with Crippen LogP contribution in [0.5, 0.6) is 0 Å². The minimum atomic E-state index is -1.17. The summed E-state index contributed by atoms with van der Waals surface area (Å²) in [6, 6.07) is 6.49. The highest BCUT2D eigenvalue weighted by Crippen LogP contribution is 2.13. The lowest BCUT2D eigenvalue weighted by atomic mass is 10.3. The predicted octanol–water partition coefficient (Wildman–Crippen LogP) is 1.92. The summed E-state index contributed by atoms with van der Waals surface area (Å²) < 4.78 is 0. The number of benzene rings is 1. The van der Waals surface area contributed by atoms with Crippen LogP contribution < -0.4 is 5.32 Å².